The number of benzene rings is 2. The highest BCUT2D eigenvalue weighted by Gasteiger charge is 2.14. The molecule has 3 rings (SSSR count). The molecule has 1 unspecified atom stereocenters. The van der Waals surface area contributed by atoms with Gasteiger partial charge in [-0.25, -0.2) is 4.79 Å². The lowest BCUT2D eigenvalue weighted by Gasteiger charge is -2.13. The van der Waals surface area contributed by atoms with Crippen LogP contribution in [0.1, 0.15) is 16.0 Å². The number of aromatic amines is 2. The van der Waals surface area contributed by atoms with Gasteiger partial charge in [0.05, 0.1) is 15.9 Å². The van der Waals surface area contributed by atoms with Crippen molar-refractivity contribution in [1.82, 2.24) is 9.97 Å². The molecule has 2 N–H and O–H groups in total. The van der Waals surface area contributed by atoms with Gasteiger partial charge in [-0.2, -0.15) is 0 Å². The molecule has 0 aliphatic heterocycles. The number of imidazole rings is 1. The molecule has 0 fully saturated rings. The van der Waals surface area contributed by atoms with Crippen molar-refractivity contribution < 1.29 is 0 Å². The summed E-state index contributed by atoms with van der Waals surface area (Å²) in [6, 6.07) is 12.0. The van der Waals surface area contributed by atoms with E-state index in [0.29, 0.717) is 0 Å². The van der Waals surface area contributed by atoms with Crippen molar-refractivity contribution in [2.75, 3.05) is 0 Å². The van der Waals surface area contributed by atoms with Crippen LogP contribution in [0.15, 0.2) is 50.1 Å². The molecule has 1 aromatic heterocycles. The molecule has 0 spiro atoms. The van der Waals surface area contributed by atoms with E-state index in [2.05, 4.69) is 63.8 Å². The van der Waals surface area contributed by atoms with Gasteiger partial charge in [0.15, 0.2) is 0 Å². The molecule has 0 saturated carbocycles. The van der Waals surface area contributed by atoms with Gasteiger partial charge in [0.25, 0.3) is 0 Å². The molecule has 6 heteroatoms. The van der Waals surface area contributed by atoms with Crippen LogP contribution in [0.25, 0.3) is 11.0 Å². The molecule has 1 atom stereocenters. The fraction of sp³-hybridized carbons (Fsp3) is 0.0714. The minimum atomic E-state index is -0.187. The van der Waals surface area contributed by atoms with Crippen molar-refractivity contribution in [3.8, 4) is 0 Å². The second-order valence-electron chi connectivity index (χ2n) is 4.41. The lowest BCUT2D eigenvalue weighted by Crippen LogP contribution is -1.99. The first-order valence-corrected chi connectivity index (χ1v) is 8.36. The molecule has 0 radical (unpaired) electrons. The monoisotopic (exact) mass is 458 g/mol. The molecule has 3 aromatic rings. The molecule has 102 valence electrons. The van der Waals surface area contributed by atoms with Gasteiger partial charge in [-0.05, 0) is 35.4 Å². The van der Waals surface area contributed by atoms with Crippen molar-refractivity contribution >= 4 is 58.8 Å². The minimum Gasteiger partial charge on any atom is -0.306 e. The SMILES string of the molecule is O=c1[nH]c2ccc(C(Br)c3ccc(Br)cc3Br)cc2[nH]1. The third-order valence-corrected chi connectivity index (χ3v) is 5.27. The average Bonchev–Trinajstić information content (AvgIpc) is 2.77. The van der Waals surface area contributed by atoms with E-state index in [9.17, 15) is 4.79 Å². The third kappa shape index (κ3) is 2.64. The van der Waals surface area contributed by atoms with E-state index in [-0.39, 0.29) is 10.5 Å². The van der Waals surface area contributed by atoms with Crippen LogP contribution in [-0.2, 0) is 0 Å². The topological polar surface area (TPSA) is 48.6 Å². The largest absolute Gasteiger partial charge is 0.323 e. The fourth-order valence-corrected chi connectivity index (χ4v) is 4.36. The second-order valence-corrected chi connectivity index (χ2v) is 7.10. The number of hydrogen-bond donors (Lipinski definition) is 2. The molecular weight excluding hydrogens is 452 g/mol. The molecular formula is C14H9Br3N2O. The van der Waals surface area contributed by atoms with Crippen LogP contribution in [0.3, 0.4) is 0 Å². The third-order valence-electron chi connectivity index (χ3n) is 3.07. The molecule has 2 aromatic carbocycles. The van der Waals surface area contributed by atoms with Gasteiger partial charge in [0.1, 0.15) is 0 Å². The maximum atomic E-state index is 11.3. The van der Waals surface area contributed by atoms with Gasteiger partial charge in [-0.3, -0.25) is 0 Å². The Morgan fingerprint density at radius 1 is 0.950 bits per heavy atom. The average molecular weight is 461 g/mol. The summed E-state index contributed by atoms with van der Waals surface area (Å²) in [6.07, 6.45) is 0. The predicted molar refractivity (Wildman–Crippen MR) is 91.5 cm³/mol. The quantitative estimate of drug-likeness (QED) is 0.527. The molecule has 0 aliphatic rings. The minimum absolute atomic E-state index is 0.0489. The highest BCUT2D eigenvalue weighted by atomic mass is 79.9. The summed E-state index contributed by atoms with van der Waals surface area (Å²) in [6.45, 7) is 0. The smallest absolute Gasteiger partial charge is 0.306 e. The Balaban J connectivity index is 2.06. The van der Waals surface area contributed by atoms with E-state index in [1.54, 1.807) is 0 Å². The number of H-pyrrole nitrogens is 2. The lowest BCUT2D eigenvalue weighted by atomic mass is 10.0. The lowest BCUT2D eigenvalue weighted by molar-refractivity contribution is 1.16. The zero-order valence-corrected chi connectivity index (χ0v) is 14.8. The first-order chi connectivity index (χ1) is 9.54. The fourth-order valence-electron chi connectivity index (χ4n) is 2.09. The molecule has 0 bridgehead atoms. The molecule has 20 heavy (non-hydrogen) atoms. The summed E-state index contributed by atoms with van der Waals surface area (Å²) in [5.74, 6) is 0. The van der Waals surface area contributed by atoms with Crippen LogP contribution >= 0.6 is 47.8 Å². The molecule has 0 aliphatic carbocycles. The summed E-state index contributed by atoms with van der Waals surface area (Å²) in [4.78, 5) is 16.9. The Bertz CT molecular complexity index is 838. The van der Waals surface area contributed by atoms with Crippen molar-refractivity contribution in [2.24, 2.45) is 0 Å². The summed E-state index contributed by atoms with van der Waals surface area (Å²) >= 11 is 10.7. The summed E-state index contributed by atoms with van der Waals surface area (Å²) < 4.78 is 2.05. The zero-order chi connectivity index (χ0) is 14.3. The van der Waals surface area contributed by atoms with Crippen molar-refractivity contribution in [3.63, 3.8) is 0 Å². The van der Waals surface area contributed by atoms with Gasteiger partial charge in [-0.1, -0.05) is 59.9 Å². The Hall–Kier alpha value is -0.850. The number of aromatic nitrogens is 2. The van der Waals surface area contributed by atoms with Crippen LogP contribution in [0.5, 0.6) is 0 Å². The number of rotatable bonds is 2. The number of fused-ring (bicyclic) bond motifs is 1. The highest BCUT2D eigenvalue weighted by Crippen LogP contribution is 2.37. The second kappa shape index (κ2) is 5.50. The van der Waals surface area contributed by atoms with Gasteiger partial charge in [0.2, 0.25) is 0 Å². The van der Waals surface area contributed by atoms with E-state index in [4.69, 9.17) is 0 Å². The maximum absolute atomic E-state index is 11.3. The maximum Gasteiger partial charge on any atom is 0.323 e. The van der Waals surface area contributed by atoms with Gasteiger partial charge < -0.3 is 9.97 Å². The van der Waals surface area contributed by atoms with Crippen molar-refractivity contribution in [2.45, 2.75) is 4.83 Å². The van der Waals surface area contributed by atoms with E-state index >= 15 is 0 Å². The van der Waals surface area contributed by atoms with Gasteiger partial charge in [0, 0.05) is 8.95 Å². The van der Waals surface area contributed by atoms with Crippen LogP contribution in [0, 0.1) is 0 Å². The Labute approximate surface area is 140 Å². The Kier molecular flexibility index (Phi) is 3.88. The number of halogens is 3. The normalized spacial score (nSPS) is 12.8. The van der Waals surface area contributed by atoms with Crippen molar-refractivity contribution in [3.05, 3.63) is 67.0 Å². The van der Waals surface area contributed by atoms with Gasteiger partial charge >= 0.3 is 5.69 Å². The first kappa shape index (κ1) is 14.1. The van der Waals surface area contributed by atoms with E-state index in [1.165, 1.54) is 0 Å². The van der Waals surface area contributed by atoms with Crippen LogP contribution < -0.4 is 5.69 Å². The zero-order valence-electron chi connectivity index (χ0n) is 10.1. The Morgan fingerprint density at radius 2 is 1.70 bits per heavy atom. The molecule has 3 nitrogen and oxygen atoms in total. The predicted octanol–water partition coefficient (Wildman–Crippen LogP) is 4.87. The number of nitrogens with one attached hydrogen (secondary N) is 2. The van der Waals surface area contributed by atoms with Crippen LogP contribution in [0.4, 0.5) is 0 Å². The number of alkyl halides is 1. The highest BCUT2D eigenvalue weighted by molar-refractivity contribution is 9.11. The van der Waals surface area contributed by atoms with Crippen molar-refractivity contribution in [1.29, 1.82) is 0 Å². The number of hydrogen-bond acceptors (Lipinski definition) is 1. The molecule has 0 saturated heterocycles. The summed E-state index contributed by atoms with van der Waals surface area (Å²) in [7, 11) is 0. The Morgan fingerprint density at radius 3 is 2.45 bits per heavy atom. The standard InChI is InChI=1S/C14H9Br3N2O/c15-8-2-3-9(10(16)6-8)13(17)7-1-4-11-12(5-7)19-14(20)18-11/h1-6,13H,(H2,18,19,20). The van der Waals surface area contributed by atoms with Gasteiger partial charge in [-0.15, -0.1) is 0 Å². The van der Waals surface area contributed by atoms with Crippen LogP contribution in [0.2, 0.25) is 0 Å². The summed E-state index contributed by atoms with van der Waals surface area (Å²) in [5.41, 5.74) is 3.65. The van der Waals surface area contributed by atoms with E-state index < -0.39 is 0 Å². The first-order valence-electron chi connectivity index (χ1n) is 5.85. The summed E-state index contributed by atoms with van der Waals surface area (Å²) in [5, 5.41) is 0. The molecule has 1 heterocycles. The van der Waals surface area contributed by atoms with E-state index in [1.807, 2.05) is 30.3 Å². The van der Waals surface area contributed by atoms with E-state index in [0.717, 1.165) is 31.1 Å². The molecule has 0 amide bonds. The van der Waals surface area contributed by atoms with Crippen LogP contribution in [-0.4, -0.2) is 9.97 Å².